The van der Waals surface area contributed by atoms with Gasteiger partial charge in [0.1, 0.15) is 6.10 Å². The number of hydrogen-bond acceptors (Lipinski definition) is 2. The Morgan fingerprint density at radius 3 is 2.52 bits per heavy atom. The molecule has 0 unspecified atom stereocenters. The van der Waals surface area contributed by atoms with Crippen molar-refractivity contribution in [1.82, 2.24) is 9.88 Å². The first-order valence-electron chi connectivity index (χ1n) is 10.8. The maximum Gasteiger partial charge on any atom is 0.410 e. The van der Waals surface area contributed by atoms with Crippen molar-refractivity contribution in [3.05, 3.63) is 71.4 Å². The lowest BCUT2D eigenvalue weighted by Crippen LogP contribution is -2.41. The summed E-state index contributed by atoms with van der Waals surface area (Å²) in [7, 11) is 0. The van der Waals surface area contributed by atoms with E-state index in [0.717, 1.165) is 43.3 Å². The average Bonchev–Trinajstić information content (AvgIpc) is 3.15. The lowest BCUT2D eigenvalue weighted by molar-refractivity contribution is 0.0328. The van der Waals surface area contributed by atoms with Gasteiger partial charge in [0.2, 0.25) is 0 Å². The molecule has 1 aliphatic carbocycles. The fourth-order valence-electron chi connectivity index (χ4n) is 5.13. The lowest BCUT2D eigenvalue weighted by Gasteiger charge is -2.35. The molecule has 5 rings (SSSR count). The van der Waals surface area contributed by atoms with Crippen molar-refractivity contribution in [1.29, 1.82) is 0 Å². The van der Waals surface area contributed by atoms with Gasteiger partial charge in [-0.15, -0.1) is 0 Å². The van der Waals surface area contributed by atoms with Gasteiger partial charge in [-0.05, 0) is 62.1 Å². The third kappa shape index (κ3) is 3.41. The average molecular weight is 389 g/mol. The summed E-state index contributed by atoms with van der Waals surface area (Å²) in [5.74, 6) is 0.592. The molecule has 1 atom stereocenters. The van der Waals surface area contributed by atoms with Gasteiger partial charge in [0.05, 0.1) is 6.04 Å². The second-order valence-electron chi connectivity index (χ2n) is 8.45. The zero-order valence-electron chi connectivity index (χ0n) is 16.9. The second kappa shape index (κ2) is 7.58. The second-order valence-corrected chi connectivity index (χ2v) is 8.45. The SMILES string of the molecule is C[C@@H]1c2[nH]c3ccccc3c2CCN1C(=O)OC1CCC(c2ccccc2)CC1. The molecule has 29 heavy (non-hydrogen) atoms. The van der Waals surface area contributed by atoms with Crippen LogP contribution in [0.3, 0.4) is 0 Å². The van der Waals surface area contributed by atoms with Gasteiger partial charge >= 0.3 is 6.09 Å². The number of para-hydroxylation sites is 1. The van der Waals surface area contributed by atoms with E-state index in [0.29, 0.717) is 12.5 Å². The Hall–Kier alpha value is -2.75. The summed E-state index contributed by atoms with van der Waals surface area (Å²) in [6, 6.07) is 19.1. The van der Waals surface area contributed by atoms with E-state index in [1.165, 1.54) is 16.5 Å². The van der Waals surface area contributed by atoms with Crippen LogP contribution in [0.4, 0.5) is 4.79 Å². The van der Waals surface area contributed by atoms with E-state index in [2.05, 4.69) is 60.4 Å². The molecule has 2 aliphatic rings. The number of nitrogens with zero attached hydrogens (tertiary/aromatic N) is 1. The summed E-state index contributed by atoms with van der Waals surface area (Å²) in [5.41, 5.74) is 5.06. The minimum absolute atomic E-state index is 0.0132. The standard InChI is InChI=1S/C25H28N2O2/c1-17-24-22(21-9-5-6-10-23(21)26-24)15-16-27(17)25(28)29-20-13-11-19(12-14-20)18-7-3-2-4-8-18/h2-10,17,19-20,26H,11-16H2,1H3/t17-,19?,20?/m1/s1. The minimum atomic E-state index is -0.162. The zero-order valence-corrected chi connectivity index (χ0v) is 16.9. The molecular formula is C25H28N2O2. The van der Waals surface area contributed by atoms with Crippen LogP contribution < -0.4 is 0 Å². The van der Waals surface area contributed by atoms with Gasteiger partial charge in [-0.25, -0.2) is 4.79 Å². The molecular weight excluding hydrogens is 360 g/mol. The molecule has 2 aromatic carbocycles. The van der Waals surface area contributed by atoms with E-state index in [1.807, 2.05) is 11.0 Å². The summed E-state index contributed by atoms with van der Waals surface area (Å²) in [5, 5.41) is 1.28. The van der Waals surface area contributed by atoms with Crippen LogP contribution in [0.25, 0.3) is 10.9 Å². The van der Waals surface area contributed by atoms with Crippen LogP contribution in [0.5, 0.6) is 0 Å². The van der Waals surface area contributed by atoms with Gasteiger partial charge in [-0.3, -0.25) is 4.90 Å². The highest BCUT2D eigenvalue weighted by Gasteiger charge is 2.33. The predicted octanol–water partition coefficient (Wildman–Crippen LogP) is 5.95. The predicted molar refractivity (Wildman–Crippen MR) is 115 cm³/mol. The van der Waals surface area contributed by atoms with E-state index >= 15 is 0 Å². The number of carbonyl (C=O) groups excluding carboxylic acids is 1. The van der Waals surface area contributed by atoms with Crippen molar-refractivity contribution in [2.45, 2.75) is 57.1 Å². The third-order valence-corrected chi connectivity index (χ3v) is 6.78. The topological polar surface area (TPSA) is 45.3 Å². The molecule has 1 aromatic heterocycles. The molecule has 1 fully saturated rings. The quantitative estimate of drug-likeness (QED) is 0.589. The Morgan fingerprint density at radius 2 is 1.72 bits per heavy atom. The Bertz CT molecular complexity index is 1000. The number of rotatable bonds is 2. The first kappa shape index (κ1) is 18.3. The molecule has 3 aromatic rings. The van der Waals surface area contributed by atoms with Gasteiger partial charge in [0, 0.05) is 23.1 Å². The molecule has 1 N–H and O–H groups in total. The number of fused-ring (bicyclic) bond motifs is 3. The highest BCUT2D eigenvalue weighted by atomic mass is 16.6. The van der Waals surface area contributed by atoms with Crippen molar-refractivity contribution in [2.75, 3.05) is 6.54 Å². The van der Waals surface area contributed by atoms with Crippen molar-refractivity contribution in [3.8, 4) is 0 Å². The maximum absolute atomic E-state index is 12.9. The largest absolute Gasteiger partial charge is 0.446 e. The van der Waals surface area contributed by atoms with Crippen molar-refractivity contribution in [3.63, 3.8) is 0 Å². The van der Waals surface area contributed by atoms with E-state index < -0.39 is 0 Å². The van der Waals surface area contributed by atoms with Gasteiger partial charge in [-0.2, -0.15) is 0 Å². The molecule has 0 spiro atoms. The number of aromatic amines is 1. The normalized spacial score (nSPS) is 24.3. The molecule has 150 valence electrons. The highest BCUT2D eigenvalue weighted by Crippen LogP contribution is 2.37. The lowest BCUT2D eigenvalue weighted by atomic mass is 9.83. The molecule has 1 saturated carbocycles. The number of benzene rings is 2. The molecule has 4 nitrogen and oxygen atoms in total. The van der Waals surface area contributed by atoms with Crippen LogP contribution in [0.15, 0.2) is 54.6 Å². The van der Waals surface area contributed by atoms with E-state index in [1.54, 1.807) is 0 Å². The molecule has 0 radical (unpaired) electrons. The summed E-state index contributed by atoms with van der Waals surface area (Å²) in [4.78, 5) is 18.4. The van der Waals surface area contributed by atoms with Gasteiger partial charge in [0.15, 0.2) is 0 Å². The maximum atomic E-state index is 12.9. The monoisotopic (exact) mass is 388 g/mol. The molecule has 1 amide bonds. The fraction of sp³-hybridized carbons (Fsp3) is 0.400. The molecule has 1 aliphatic heterocycles. The zero-order chi connectivity index (χ0) is 19.8. The van der Waals surface area contributed by atoms with Crippen LogP contribution in [0, 0.1) is 0 Å². The first-order valence-corrected chi connectivity index (χ1v) is 10.8. The first-order chi connectivity index (χ1) is 14.2. The minimum Gasteiger partial charge on any atom is -0.446 e. The van der Waals surface area contributed by atoms with Crippen LogP contribution in [0.2, 0.25) is 0 Å². The van der Waals surface area contributed by atoms with Crippen molar-refractivity contribution < 1.29 is 9.53 Å². The van der Waals surface area contributed by atoms with E-state index in [9.17, 15) is 4.79 Å². The number of nitrogens with one attached hydrogen (secondary N) is 1. The van der Waals surface area contributed by atoms with Gasteiger partial charge in [-0.1, -0.05) is 48.5 Å². The molecule has 2 heterocycles. The van der Waals surface area contributed by atoms with Crippen LogP contribution in [-0.2, 0) is 11.2 Å². The van der Waals surface area contributed by atoms with E-state index in [-0.39, 0.29) is 18.2 Å². The van der Waals surface area contributed by atoms with Crippen molar-refractivity contribution in [2.24, 2.45) is 0 Å². The summed E-state index contributed by atoms with van der Waals surface area (Å²) < 4.78 is 5.95. The molecule has 0 saturated heterocycles. The summed E-state index contributed by atoms with van der Waals surface area (Å²) >= 11 is 0. The van der Waals surface area contributed by atoms with E-state index in [4.69, 9.17) is 4.74 Å². The Labute approximate surface area is 171 Å². The van der Waals surface area contributed by atoms with Crippen LogP contribution in [0.1, 0.15) is 61.4 Å². The van der Waals surface area contributed by atoms with Crippen LogP contribution in [-0.4, -0.2) is 28.6 Å². The smallest absolute Gasteiger partial charge is 0.410 e. The van der Waals surface area contributed by atoms with Crippen LogP contribution >= 0.6 is 0 Å². The highest BCUT2D eigenvalue weighted by molar-refractivity contribution is 5.85. The number of hydrogen-bond donors (Lipinski definition) is 1. The Balaban J connectivity index is 1.23. The number of carbonyl (C=O) groups is 1. The fourth-order valence-corrected chi connectivity index (χ4v) is 5.13. The molecule has 4 heteroatoms. The van der Waals surface area contributed by atoms with Gasteiger partial charge < -0.3 is 9.72 Å². The van der Waals surface area contributed by atoms with Crippen molar-refractivity contribution >= 4 is 17.0 Å². The van der Waals surface area contributed by atoms with Gasteiger partial charge in [0.25, 0.3) is 0 Å². The number of aromatic nitrogens is 1. The third-order valence-electron chi connectivity index (χ3n) is 6.78. The summed E-state index contributed by atoms with van der Waals surface area (Å²) in [6.07, 6.45) is 4.83. The Morgan fingerprint density at radius 1 is 1.00 bits per heavy atom. The Kier molecular flexibility index (Phi) is 4.78. The summed E-state index contributed by atoms with van der Waals surface area (Å²) in [6.45, 7) is 2.81. The number of ether oxygens (including phenoxy) is 1. The number of H-pyrrole nitrogens is 1. The number of amides is 1. The molecule has 0 bridgehead atoms.